The molecule has 0 fully saturated rings. The first kappa shape index (κ1) is 17.3. The van der Waals surface area contributed by atoms with Crippen molar-refractivity contribution in [3.63, 3.8) is 0 Å². The van der Waals surface area contributed by atoms with Gasteiger partial charge in [-0.2, -0.15) is 0 Å². The summed E-state index contributed by atoms with van der Waals surface area (Å²) in [6.07, 6.45) is -0.806. The molecule has 2 aromatic rings. The van der Waals surface area contributed by atoms with Gasteiger partial charge in [0.2, 0.25) is 0 Å². The fourth-order valence-corrected chi connectivity index (χ4v) is 2.79. The second-order valence-electron chi connectivity index (χ2n) is 5.32. The van der Waals surface area contributed by atoms with Gasteiger partial charge in [-0.05, 0) is 29.8 Å². The minimum Gasteiger partial charge on any atom is -0.448 e. The Kier molecular flexibility index (Phi) is 4.92. The fraction of sp³-hybridized carbons (Fsp3) is 0.118. The van der Waals surface area contributed by atoms with E-state index >= 15 is 0 Å². The first-order valence-electron chi connectivity index (χ1n) is 7.30. The van der Waals surface area contributed by atoms with Crippen LogP contribution in [0.15, 0.2) is 42.5 Å². The van der Waals surface area contributed by atoms with Crippen molar-refractivity contribution in [3.8, 4) is 0 Å². The van der Waals surface area contributed by atoms with Crippen LogP contribution in [-0.2, 0) is 16.0 Å². The Bertz CT molecular complexity index is 869. The number of esters is 1. The first-order valence-corrected chi connectivity index (χ1v) is 8.05. The lowest BCUT2D eigenvalue weighted by Gasteiger charge is -2.23. The number of nitrogens with one attached hydrogen (secondary N) is 2. The van der Waals surface area contributed by atoms with Crippen molar-refractivity contribution in [2.75, 3.05) is 0 Å². The van der Waals surface area contributed by atoms with Crippen LogP contribution in [0.5, 0.6) is 0 Å². The Morgan fingerprint density at radius 1 is 1.08 bits per heavy atom. The number of hydrogen-bond acceptors (Lipinski definition) is 4. The summed E-state index contributed by atoms with van der Waals surface area (Å²) in [6, 6.07) is 11.3. The average Bonchev–Trinajstić information content (AvgIpc) is 2.61. The minimum absolute atomic E-state index is 0.112. The van der Waals surface area contributed by atoms with Gasteiger partial charge in [-0.15, -0.1) is 0 Å². The lowest BCUT2D eigenvalue weighted by Crippen LogP contribution is -2.49. The second kappa shape index (κ2) is 7.13. The van der Waals surface area contributed by atoms with Crippen molar-refractivity contribution in [2.45, 2.75) is 12.5 Å². The Hall–Kier alpha value is -2.57. The van der Waals surface area contributed by atoms with E-state index < -0.39 is 23.9 Å². The number of hydrogen-bond donors (Lipinski definition) is 2. The van der Waals surface area contributed by atoms with Crippen molar-refractivity contribution in [1.29, 1.82) is 0 Å². The van der Waals surface area contributed by atoms with Crippen LogP contribution >= 0.6 is 23.2 Å². The van der Waals surface area contributed by atoms with Crippen LogP contribution in [0, 0.1) is 0 Å². The summed E-state index contributed by atoms with van der Waals surface area (Å²) in [7, 11) is 0. The molecule has 8 heteroatoms. The van der Waals surface area contributed by atoms with Gasteiger partial charge >= 0.3 is 5.97 Å². The molecule has 0 saturated carbocycles. The Labute approximate surface area is 153 Å². The molecule has 0 aliphatic carbocycles. The van der Waals surface area contributed by atoms with E-state index in [1.165, 1.54) is 18.2 Å². The number of halogens is 2. The third kappa shape index (κ3) is 3.75. The predicted molar refractivity (Wildman–Crippen MR) is 91.4 cm³/mol. The molecule has 0 radical (unpaired) electrons. The molecule has 1 aliphatic heterocycles. The standard InChI is InChI=1S/C17H12Cl2N2O4/c18-10-5-6-13(19)12(8-10)15(22)20-21-16(23)14-7-9-3-1-2-4-11(9)17(24)25-14/h1-6,8,14H,7H2,(H,20,22)(H,21,23). The highest BCUT2D eigenvalue weighted by molar-refractivity contribution is 6.35. The molecular weight excluding hydrogens is 367 g/mol. The normalized spacial score (nSPS) is 15.8. The monoisotopic (exact) mass is 378 g/mol. The Morgan fingerprint density at radius 3 is 2.64 bits per heavy atom. The minimum atomic E-state index is -1.03. The van der Waals surface area contributed by atoms with Crippen LogP contribution in [0.3, 0.4) is 0 Å². The van der Waals surface area contributed by atoms with Crippen LogP contribution in [0.2, 0.25) is 10.0 Å². The molecule has 1 unspecified atom stereocenters. The third-order valence-electron chi connectivity index (χ3n) is 3.66. The quantitative estimate of drug-likeness (QED) is 0.621. The average molecular weight is 379 g/mol. The van der Waals surface area contributed by atoms with Crippen molar-refractivity contribution in [3.05, 3.63) is 69.2 Å². The smallest absolute Gasteiger partial charge is 0.339 e. The molecule has 128 valence electrons. The largest absolute Gasteiger partial charge is 0.448 e. The van der Waals surface area contributed by atoms with E-state index in [2.05, 4.69) is 10.9 Å². The number of carbonyl (C=O) groups is 3. The van der Waals surface area contributed by atoms with Crippen molar-refractivity contribution < 1.29 is 19.1 Å². The zero-order valence-electron chi connectivity index (χ0n) is 12.7. The van der Waals surface area contributed by atoms with Gasteiger partial charge in [0.1, 0.15) is 0 Å². The number of amides is 2. The van der Waals surface area contributed by atoms with E-state index in [4.69, 9.17) is 27.9 Å². The van der Waals surface area contributed by atoms with Gasteiger partial charge in [-0.3, -0.25) is 20.4 Å². The zero-order chi connectivity index (χ0) is 18.0. The topological polar surface area (TPSA) is 84.5 Å². The van der Waals surface area contributed by atoms with Crippen LogP contribution in [0.25, 0.3) is 0 Å². The summed E-state index contributed by atoms with van der Waals surface area (Å²) in [5.74, 6) is -1.86. The lowest BCUT2D eigenvalue weighted by molar-refractivity contribution is -0.131. The van der Waals surface area contributed by atoms with E-state index in [-0.39, 0.29) is 17.0 Å². The van der Waals surface area contributed by atoms with Crippen LogP contribution in [-0.4, -0.2) is 23.9 Å². The van der Waals surface area contributed by atoms with Gasteiger partial charge in [0.15, 0.2) is 6.10 Å². The molecule has 0 bridgehead atoms. The van der Waals surface area contributed by atoms with E-state index in [9.17, 15) is 14.4 Å². The van der Waals surface area contributed by atoms with Crippen molar-refractivity contribution in [2.24, 2.45) is 0 Å². The molecule has 3 rings (SSSR count). The van der Waals surface area contributed by atoms with Crippen molar-refractivity contribution in [1.82, 2.24) is 10.9 Å². The van der Waals surface area contributed by atoms with E-state index in [0.29, 0.717) is 16.1 Å². The van der Waals surface area contributed by atoms with Gasteiger partial charge in [-0.25, -0.2) is 4.79 Å². The number of fused-ring (bicyclic) bond motifs is 1. The molecule has 0 aromatic heterocycles. The zero-order valence-corrected chi connectivity index (χ0v) is 14.2. The molecular formula is C17H12Cl2N2O4. The lowest BCUT2D eigenvalue weighted by atomic mass is 9.98. The summed E-state index contributed by atoms with van der Waals surface area (Å²) in [5.41, 5.74) is 5.72. The maximum atomic E-state index is 12.2. The number of rotatable bonds is 2. The SMILES string of the molecule is O=C(NNC(=O)C1Cc2ccccc2C(=O)O1)c1cc(Cl)ccc1Cl. The van der Waals surface area contributed by atoms with Gasteiger partial charge in [0.25, 0.3) is 11.8 Å². The molecule has 0 saturated heterocycles. The van der Waals surface area contributed by atoms with E-state index in [1.807, 2.05) is 0 Å². The fourth-order valence-electron chi connectivity index (χ4n) is 2.42. The number of benzene rings is 2. The summed E-state index contributed by atoms with van der Waals surface area (Å²) in [4.78, 5) is 36.2. The summed E-state index contributed by atoms with van der Waals surface area (Å²) < 4.78 is 5.11. The van der Waals surface area contributed by atoms with Crippen LogP contribution < -0.4 is 10.9 Å². The van der Waals surface area contributed by atoms with Gasteiger partial charge in [0.05, 0.1) is 16.1 Å². The molecule has 1 atom stereocenters. The predicted octanol–water partition coefficient (Wildman–Crippen LogP) is 2.54. The van der Waals surface area contributed by atoms with E-state index in [1.54, 1.807) is 24.3 Å². The Morgan fingerprint density at radius 2 is 1.84 bits per heavy atom. The van der Waals surface area contributed by atoms with Gasteiger partial charge in [-0.1, -0.05) is 41.4 Å². The van der Waals surface area contributed by atoms with Gasteiger partial charge < -0.3 is 4.74 Å². The highest BCUT2D eigenvalue weighted by atomic mass is 35.5. The van der Waals surface area contributed by atoms with Crippen molar-refractivity contribution >= 4 is 41.0 Å². The van der Waals surface area contributed by atoms with E-state index in [0.717, 1.165) is 0 Å². The molecule has 1 aliphatic rings. The number of cyclic esters (lactones) is 1. The van der Waals surface area contributed by atoms with Crippen LogP contribution in [0.4, 0.5) is 0 Å². The first-order chi connectivity index (χ1) is 12.0. The highest BCUT2D eigenvalue weighted by Gasteiger charge is 2.31. The molecule has 25 heavy (non-hydrogen) atoms. The molecule has 2 amide bonds. The number of carbonyl (C=O) groups excluding carboxylic acids is 3. The maximum Gasteiger partial charge on any atom is 0.339 e. The Balaban J connectivity index is 1.64. The maximum absolute atomic E-state index is 12.2. The molecule has 1 heterocycles. The number of ether oxygens (including phenoxy) is 1. The summed E-state index contributed by atoms with van der Waals surface area (Å²) >= 11 is 11.8. The van der Waals surface area contributed by atoms with Crippen LogP contribution in [0.1, 0.15) is 26.3 Å². The molecule has 6 nitrogen and oxygen atoms in total. The highest BCUT2D eigenvalue weighted by Crippen LogP contribution is 2.21. The summed E-state index contributed by atoms with van der Waals surface area (Å²) in [6.45, 7) is 0. The molecule has 0 spiro atoms. The molecule has 2 N–H and O–H groups in total. The van der Waals surface area contributed by atoms with Gasteiger partial charge in [0, 0.05) is 11.4 Å². The third-order valence-corrected chi connectivity index (χ3v) is 4.22. The second-order valence-corrected chi connectivity index (χ2v) is 6.17. The summed E-state index contributed by atoms with van der Waals surface area (Å²) in [5, 5.41) is 0.521. The molecule has 2 aromatic carbocycles. The number of hydrazine groups is 1.